The molecule has 0 bridgehead atoms. The predicted octanol–water partition coefficient (Wildman–Crippen LogP) is 7.41. The van der Waals surface area contributed by atoms with Gasteiger partial charge in [0.05, 0.1) is 5.56 Å². The predicted molar refractivity (Wildman–Crippen MR) is 138 cm³/mol. The van der Waals surface area contributed by atoms with E-state index >= 15 is 0 Å². The number of hydrogen-bond donors (Lipinski definition) is 1. The van der Waals surface area contributed by atoms with Crippen LogP contribution >= 0.6 is 23.4 Å². The third-order valence-electron chi connectivity index (χ3n) is 6.38. The Morgan fingerprint density at radius 3 is 2.53 bits per heavy atom. The molecule has 2 aromatic carbocycles. The van der Waals surface area contributed by atoms with Crippen LogP contribution in [0, 0.1) is 0 Å². The summed E-state index contributed by atoms with van der Waals surface area (Å²) in [5.74, 6) is -0.185. The maximum Gasteiger partial charge on any atom is 0.416 e. The topological polar surface area (TPSA) is 41.6 Å². The Morgan fingerprint density at radius 1 is 1.14 bits per heavy atom. The van der Waals surface area contributed by atoms with Gasteiger partial charge in [0.25, 0.3) is 0 Å². The van der Waals surface area contributed by atoms with Gasteiger partial charge >= 0.3 is 12.1 Å². The largest absolute Gasteiger partial charge is 0.460 e. The van der Waals surface area contributed by atoms with Gasteiger partial charge in [-0.2, -0.15) is 13.2 Å². The fourth-order valence-corrected chi connectivity index (χ4v) is 6.07. The van der Waals surface area contributed by atoms with Gasteiger partial charge < -0.3 is 15.0 Å². The van der Waals surface area contributed by atoms with Crippen LogP contribution in [0.5, 0.6) is 0 Å². The molecule has 2 aromatic rings. The molecule has 4 nitrogen and oxygen atoms in total. The lowest BCUT2D eigenvalue weighted by Gasteiger charge is -2.34. The van der Waals surface area contributed by atoms with Gasteiger partial charge in [-0.1, -0.05) is 29.4 Å². The molecule has 0 radical (unpaired) electrons. The summed E-state index contributed by atoms with van der Waals surface area (Å²) in [5.41, 5.74) is 1.43. The number of hydrogen-bond acceptors (Lipinski definition) is 5. The zero-order chi connectivity index (χ0) is 26.1. The van der Waals surface area contributed by atoms with Crippen LogP contribution in [0.15, 0.2) is 40.1 Å². The van der Waals surface area contributed by atoms with E-state index in [0.29, 0.717) is 28.4 Å². The molecule has 1 saturated heterocycles. The maximum atomic E-state index is 13.7. The molecule has 0 saturated carbocycles. The Labute approximate surface area is 219 Å². The number of piperidine rings is 1. The second-order valence-electron chi connectivity index (χ2n) is 10.5. The molecule has 9 heteroatoms. The first-order valence-electron chi connectivity index (χ1n) is 12.3. The SMILES string of the molecule is CC(C)(C)OC(=O)CCCN1CCC(Nc2cc(C(F)(F)F)cc3c2Cc2ccc(Cl)cc2S3)CC1. The van der Waals surface area contributed by atoms with Crippen LogP contribution in [0.1, 0.15) is 63.1 Å². The third kappa shape index (κ3) is 7.11. The van der Waals surface area contributed by atoms with Gasteiger partial charge in [-0.25, -0.2) is 0 Å². The lowest BCUT2D eigenvalue weighted by atomic mass is 9.98. The summed E-state index contributed by atoms with van der Waals surface area (Å²) in [5, 5.41) is 4.02. The Kier molecular flexibility index (Phi) is 8.17. The summed E-state index contributed by atoms with van der Waals surface area (Å²) in [6.45, 7) is 8.05. The normalized spacial score (nSPS) is 16.9. The van der Waals surface area contributed by atoms with Gasteiger partial charge in [0, 0.05) is 52.5 Å². The summed E-state index contributed by atoms with van der Waals surface area (Å²) in [4.78, 5) is 15.8. The first kappa shape index (κ1) is 27.1. The summed E-state index contributed by atoms with van der Waals surface area (Å²) in [6, 6.07) is 8.19. The smallest absolute Gasteiger partial charge is 0.416 e. The number of esters is 1. The molecular weight excluding hydrogens is 509 g/mol. The molecule has 0 atom stereocenters. The van der Waals surface area contributed by atoms with Gasteiger partial charge in [0.2, 0.25) is 0 Å². The summed E-state index contributed by atoms with van der Waals surface area (Å²) >= 11 is 7.47. The van der Waals surface area contributed by atoms with Crippen molar-refractivity contribution < 1.29 is 22.7 Å². The Bertz CT molecular complexity index is 1110. The minimum Gasteiger partial charge on any atom is -0.460 e. The molecule has 0 unspecified atom stereocenters. The van der Waals surface area contributed by atoms with E-state index in [-0.39, 0.29) is 12.0 Å². The van der Waals surface area contributed by atoms with E-state index < -0.39 is 17.3 Å². The van der Waals surface area contributed by atoms with E-state index in [1.54, 1.807) is 0 Å². The van der Waals surface area contributed by atoms with Crippen LogP contribution in [0.25, 0.3) is 0 Å². The fraction of sp³-hybridized carbons (Fsp3) is 0.519. The lowest BCUT2D eigenvalue weighted by molar-refractivity contribution is -0.155. The van der Waals surface area contributed by atoms with Crippen LogP contribution in [0.2, 0.25) is 5.02 Å². The number of carbonyl (C=O) groups is 1. The molecule has 1 N–H and O–H groups in total. The van der Waals surface area contributed by atoms with E-state index in [2.05, 4.69) is 10.2 Å². The van der Waals surface area contributed by atoms with E-state index in [0.717, 1.165) is 54.9 Å². The Hall–Kier alpha value is -1.90. The molecule has 2 heterocycles. The summed E-state index contributed by atoms with van der Waals surface area (Å²) < 4.78 is 46.4. The van der Waals surface area contributed by atoms with Crippen molar-refractivity contribution in [3.05, 3.63) is 52.0 Å². The van der Waals surface area contributed by atoms with E-state index in [1.807, 2.05) is 39.0 Å². The van der Waals surface area contributed by atoms with Crippen LogP contribution in [-0.2, 0) is 22.1 Å². The van der Waals surface area contributed by atoms with Gasteiger partial charge in [-0.3, -0.25) is 4.79 Å². The van der Waals surface area contributed by atoms with Crippen molar-refractivity contribution in [3.63, 3.8) is 0 Å². The van der Waals surface area contributed by atoms with Crippen molar-refractivity contribution in [2.75, 3.05) is 25.0 Å². The number of likely N-dealkylation sites (tertiary alicyclic amines) is 1. The molecule has 0 spiro atoms. The number of benzene rings is 2. The standard InChI is InChI=1S/C27H32ClF3N2O2S/c1-26(2,3)35-25(34)5-4-10-33-11-8-20(9-12-33)32-22-14-18(27(29,30)31)15-24-21(22)13-17-6-7-19(28)16-23(17)36-24/h6-7,14-16,20,32H,4-5,8-13H2,1-3H3. The summed E-state index contributed by atoms with van der Waals surface area (Å²) in [6.07, 6.45) is -1.07. The second-order valence-corrected chi connectivity index (χ2v) is 12.0. The number of alkyl halides is 3. The lowest BCUT2D eigenvalue weighted by Crippen LogP contribution is -2.40. The first-order chi connectivity index (χ1) is 16.9. The molecule has 0 aromatic heterocycles. The minimum absolute atomic E-state index is 0.0938. The third-order valence-corrected chi connectivity index (χ3v) is 7.79. The number of ether oxygens (including phenoxy) is 1. The fourth-order valence-electron chi connectivity index (χ4n) is 4.65. The number of rotatable bonds is 6. The highest BCUT2D eigenvalue weighted by Gasteiger charge is 2.34. The monoisotopic (exact) mass is 540 g/mol. The highest BCUT2D eigenvalue weighted by atomic mass is 35.5. The van der Waals surface area contributed by atoms with Crippen LogP contribution < -0.4 is 5.32 Å². The molecular formula is C27H32ClF3N2O2S. The van der Waals surface area contributed by atoms with Crippen LogP contribution in [-0.4, -0.2) is 42.1 Å². The molecule has 196 valence electrons. The van der Waals surface area contributed by atoms with Gasteiger partial charge in [-0.15, -0.1) is 0 Å². The van der Waals surface area contributed by atoms with Crippen molar-refractivity contribution in [2.24, 2.45) is 0 Å². The van der Waals surface area contributed by atoms with E-state index in [1.165, 1.54) is 23.9 Å². The van der Waals surface area contributed by atoms with Crippen LogP contribution in [0.3, 0.4) is 0 Å². The highest BCUT2D eigenvalue weighted by Crippen LogP contribution is 2.46. The molecule has 36 heavy (non-hydrogen) atoms. The van der Waals surface area contributed by atoms with Crippen molar-refractivity contribution in [3.8, 4) is 0 Å². The van der Waals surface area contributed by atoms with Gasteiger partial charge in [0.1, 0.15) is 5.60 Å². The van der Waals surface area contributed by atoms with Crippen molar-refractivity contribution in [1.29, 1.82) is 0 Å². The number of halogens is 4. The average molecular weight is 541 g/mol. The molecule has 1 fully saturated rings. The number of nitrogens with one attached hydrogen (secondary N) is 1. The maximum absolute atomic E-state index is 13.7. The number of fused-ring (bicyclic) bond motifs is 2. The minimum atomic E-state index is -4.42. The van der Waals surface area contributed by atoms with Crippen LogP contribution in [0.4, 0.5) is 18.9 Å². The van der Waals surface area contributed by atoms with E-state index in [4.69, 9.17) is 16.3 Å². The average Bonchev–Trinajstić information content (AvgIpc) is 2.77. The first-order valence-corrected chi connectivity index (χ1v) is 13.5. The summed E-state index contributed by atoms with van der Waals surface area (Å²) in [7, 11) is 0. The molecule has 2 aliphatic heterocycles. The quantitative estimate of drug-likeness (QED) is 0.330. The van der Waals surface area contributed by atoms with Crippen molar-refractivity contribution >= 4 is 35.0 Å². The Morgan fingerprint density at radius 2 is 1.86 bits per heavy atom. The number of anilines is 1. The molecule has 0 amide bonds. The van der Waals surface area contributed by atoms with Crippen molar-refractivity contribution in [1.82, 2.24) is 4.90 Å². The van der Waals surface area contributed by atoms with Crippen molar-refractivity contribution in [2.45, 2.75) is 80.5 Å². The highest BCUT2D eigenvalue weighted by molar-refractivity contribution is 7.99. The van der Waals surface area contributed by atoms with E-state index in [9.17, 15) is 18.0 Å². The number of nitrogens with zero attached hydrogens (tertiary/aromatic N) is 1. The van der Waals surface area contributed by atoms with Gasteiger partial charge in [-0.05, 0) is 82.0 Å². The van der Waals surface area contributed by atoms with Gasteiger partial charge in [0.15, 0.2) is 0 Å². The zero-order valence-corrected chi connectivity index (χ0v) is 22.4. The molecule has 4 rings (SSSR count). The second kappa shape index (κ2) is 10.8. The molecule has 2 aliphatic rings. The Balaban J connectivity index is 1.39. The number of carbonyl (C=O) groups excluding carboxylic acids is 1. The zero-order valence-electron chi connectivity index (χ0n) is 20.8. The molecule has 0 aliphatic carbocycles.